The summed E-state index contributed by atoms with van der Waals surface area (Å²) < 4.78 is 1.37. The highest BCUT2D eigenvalue weighted by Crippen LogP contribution is 2.44. The average molecular weight is 290 g/mol. The van der Waals surface area contributed by atoms with Crippen LogP contribution in [0.1, 0.15) is 38.5 Å². The number of carbonyl (C=O) groups is 1. The molecule has 13 heavy (non-hydrogen) atoms. The molecule has 0 bridgehead atoms. The summed E-state index contributed by atoms with van der Waals surface area (Å²) in [4.78, 5) is 10.7. The lowest BCUT2D eigenvalue weighted by Crippen LogP contribution is -1.98. The van der Waals surface area contributed by atoms with Crippen molar-refractivity contribution < 1.29 is 4.79 Å². The van der Waals surface area contributed by atoms with Crippen LogP contribution < -0.4 is 0 Å². The molecule has 0 radical (unpaired) electrons. The van der Waals surface area contributed by atoms with Gasteiger partial charge in [0.15, 0.2) is 0 Å². The zero-order valence-electron chi connectivity index (χ0n) is 7.76. The van der Waals surface area contributed by atoms with Crippen molar-refractivity contribution in [1.29, 1.82) is 0 Å². The van der Waals surface area contributed by atoms with E-state index in [4.69, 9.17) is 0 Å². The Balaban J connectivity index is 2.13. The molecule has 2 aliphatic rings. The quantitative estimate of drug-likeness (QED) is 0.562. The van der Waals surface area contributed by atoms with Gasteiger partial charge in [-0.05, 0) is 54.2 Å². The third kappa shape index (κ3) is 1.83. The van der Waals surface area contributed by atoms with E-state index in [2.05, 4.69) is 22.6 Å². The minimum atomic E-state index is 0.246. The average Bonchev–Trinajstić information content (AvgIpc) is 2.72. The summed E-state index contributed by atoms with van der Waals surface area (Å²) in [5.41, 5.74) is 1.62. The lowest BCUT2D eigenvalue weighted by Gasteiger charge is -2.11. The summed E-state index contributed by atoms with van der Waals surface area (Å²) in [5.74, 6) is 1.08. The zero-order chi connectivity index (χ0) is 9.26. The Labute approximate surface area is 93.1 Å². The van der Waals surface area contributed by atoms with Crippen LogP contribution >= 0.6 is 22.6 Å². The predicted molar refractivity (Wildman–Crippen MR) is 61.8 cm³/mol. The van der Waals surface area contributed by atoms with Crippen LogP contribution in [0.2, 0.25) is 0 Å². The molecule has 0 aromatic heterocycles. The molecule has 2 heteroatoms. The normalized spacial score (nSPS) is 30.1. The monoisotopic (exact) mass is 290 g/mol. The van der Waals surface area contributed by atoms with Gasteiger partial charge < -0.3 is 4.79 Å². The highest BCUT2D eigenvalue weighted by atomic mass is 127. The standard InChI is InChI=1S/C11H15IO/c12-11-9(7-13)5-6-10(11)8-3-1-2-4-8/h7-9H,1-6H2. The van der Waals surface area contributed by atoms with Gasteiger partial charge in [-0.25, -0.2) is 0 Å². The van der Waals surface area contributed by atoms with Crippen molar-refractivity contribution in [3.63, 3.8) is 0 Å². The molecule has 0 spiro atoms. The molecule has 0 N–H and O–H groups in total. The molecule has 1 fully saturated rings. The number of rotatable bonds is 2. The van der Waals surface area contributed by atoms with Gasteiger partial charge >= 0.3 is 0 Å². The van der Waals surface area contributed by atoms with Crippen LogP contribution in [-0.2, 0) is 4.79 Å². The van der Waals surface area contributed by atoms with Gasteiger partial charge in [0, 0.05) is 9.50 Å². The third-order valence-electron chi connectivity index (χ3n) is 3.37. The van der Waals surface area contributed by atoms with Crippen molar-refractivity contribution in [2.24, 2.45) is 11.8 Å². The molecule has 1 nitrogen and oxygen atoms in total. The van der Waals surface area contributed by atoms with Crippen molar-refractivity contribution in [3.8, 4) is 0 Å². The summed E-state index contributed by atoms with van der Waals surface area (Å²) >= 11 is 2.39. The first kappa shape index (κ1) is 9.69. The molecular weight excluding hydrogens is 275 g/mol. The fourth-order valence-electron chi connectivity index (χ4n) is 2.60. The second-order valence-electron chi connectivity index (χ2n) is 4.14. The first-order chi connectivity index (χ1) is 6.33. The summed E-state index contributed by atoms with van der Waals surface area (Å²) in [6.07, 6.45) is 8.91. The van der Waals surface area contributed by atoms with Crippen molar-refractivity contribution in [1.82, 2.24) is 0 Å². The smallest absolute Gasteiger partial charge is 0.127 e. The Morgan fingerprint density at radius 3 is 2.46 bits per heavy atom. The van der Waals surface area contributed by atoms with Gasteiger partial charge in [0.1, 0.15) is 6.29 Å². The largest absolute Gasteiger partial charge is 0.303 e. The van der Waals surface area contributed by atoms with Crippen LogP contribution in [0.15, 0.2) is 9.15 Å². The first-order valence-corrected chi connectivity index (χ1v) is 6.24. The fraction of sp³-hybridized carbons (Fsp3) is 0.727. The molecule has 0 aromatic rings. The van der Waals surface area contributed by atoms with E-state index in [1.807, 2.05) is 0 Å². The summed E-state index contributed by atoms with van der Waals surface area (Å²) in [7, 11) is 0. The van der Waals surface area contributed by atoms with Crippen LogP contribution in [-0.4, -0.2) is 6.29 Å². The van der Waals surface area contributed by atoms with Crippen molar-refractivity contribution in [3.05, 3.63) is 9.15 Å². The molecule has 2 aliphatic carbocycles. The summed E-state index contributed by atoms with van der Waals surface area (Å²) in [6, 6.07) is 0. The molecule has 1 unspecified atom stereocenters. The van der Waals surface area contributed by atoms with Gasteiger partial charge in [-0.15, -0.1) is 0 Å². The van der Waals surface area contributed by atoms with Crippen LogP contribution in [0.5, 0.6) is 0 Å². The van der Waals surface area contributed by atoms with Crippen LogP contribution in [0.25, 0.3) is 0 Å². The first-order valence-electron chi connectivity index (χ1n) is 5.16. The van der Waals surface area contributed by atoms with E-state index in [0.29, 0.717) is 0 Å². The highest BCUT2D eigenvalue weighted by molar-refractivity contribution is 14.1. The summed E-state index contributed by atoms with van der Waals surface area (Å²) in [6.45, 7) is 0. The molecule has 2 rings (SSSR count). The Morgan fingerprint density at radius 1 is 1.23 bits per heavy atom. The second-order valence-corrected chi connectivity index (χ2v) is 5.30. The molecule has 0 amide bonds. The van der Waals surface area contributed by atoms with Gasteiger partial charge in [-0.1, -0.05) is 18.4 Å². The molecule has 1 atom stereocenters. The number of hydrogen-bond acceptors (Lipinski definition) is 1. The lowest BCUT2D eigenvalue weighted by molar-refractivity contribution is -0.109. The minimum Gasteiger partial charge on any atom is -0.303 e. The number of halogens is 1. The Bertz CT molecular complexity index is 238. The highest BCUT2D eigenvalue weighted by Gasteiger charge is 2.29. The second kappa shape index (κ2) is 4.11. The van der Waals surface area contributed by atoms with Crippen LogP contribution in [0.4, 0.5) is 0 Å². The maximum Gasteiger partial charge on any atom is 0.127 e. The minimum absolute atomic E-state index is 0.246. The predicted octanol–water partition coefficient (Wildman–Crippen LogP) is 3.47. The molecule has 1 saturated carbocycles. The molecular formula is C11H15IO. The Morgan fingerprint density at radius 2 is 1.92 bits per heavy atom. The van der Waals surface area contributed by atoms with E-state index < -0.39 is 0 Å². The van der Waals surface area contributed by atoms with Gasteiger partial charge in [-0.2, -0.15) is 0 Å². The topological polar surface area (TPSA) is 17.1 Å². The maximum absolute atomic E-state index is 10.7. The van der Waals surface area contributed by atoms with Gasteiger partial charge in [0.2, 0.25) is 0 Å². The third-order valence-corrected chi connectivity index (χ3v) is 4.86. The molecule has 72 valence electrons. The molecule has 0 heterocycles. The lowest BCUT2D eigenvalue weighted by atomic mass is 9.97. The van der Waals surface area contributed by atoms with E-state index >= 15 is 0 Å². The fourth-order valence-corrected chi connectivity index (χ4v) is 3.76. The van der Waals surface area contributed by atoms with Crippen molar-refractivity contribution in [2.75, 3.05) is 0 Å². The van der Waals surface area contributed by atoms with Crippen LogP contribution in [0, 0.1) is 11.8 Å². The van der Waals surface area contributed by atoms with Crippen molar-refractivity contribution >= 4 is 28.9 Å². The van der Waals surface area contributed by atoms with Gasteiger partial charge in [-0.3, -0.25) is 0 Å². The molecule has 0 aliphatic heterocycles. The molecule has 0 saturated heterocycles. The zero-order valence-corrected chi connectivity index (χ0v) is 9.92. The SMILES string of the molecule is O=CC1CCC(C2CCCC2)=C1I. The van der Waals surface area contributed by atoms with E-state index in [-0.39, 0.29) is 5.92 Å². The van der Waals surface area contributed by atoms with Crippen molar-refractivity contribution in [2.45, 2.75) is 38.5 Å². The van der Waals surface area contributed by atoms with E-state index in [1.54, 1.807) is 5.57 Å². The van der Waals surface area contributed by atoms with E-state index in [1.165, 1.54) is 35.7 Å². The van der Waals surface area contributed by atoms with E-state index in [9.17, 15) is 4.79 Å². The maximum atomic E-state index is 10.7. The van der Waals surface area contributed by atoms with E-state index in [0.717, 1.165) is 18.6 Å². The van der Waals surface area contributed by atoms with Gasteiger partial charge in [0.25, 0.3) is 0 Å². The number of aldehydes is 1. The molecule has 0 aromatic carbocycles. The summed E-state index contributed by atoms with van der Waals surface area (Å²) in [5, 5.41) is 0. The Hall–Kier alpha value is 0.140. The number of carbonyl (C=O) groups excluding carboxylic acids is 1. The number of hydrogen-bond donors (Lipinski definition) is 0. The van der Waals surface area contributed by atoms with Gasteiger partial charge in [0.05, 0.1) is 0 Å². The Kier molecular flexibility index (Phi) is 3.06. The number of allylic oxidation sites excluding steroid dienone is 2. The van der Waals surface area contributed by atoms with Crippen LogP contribution in [0.3, 0.4) is 0 Å².